The van der Waals surface area contributed by atoms with E-state index in [0.717, 1.165) is 5.75 Å². The minimum absolute atomic E-state index is 0.0117. The van der Waals surface area contributed by atoms with Crippen LogP contribution >= 0.6 is 11.3 Å². The molecule has 7 heteroatoms. The number of para-hydroxylation sites is 1. The predicted octanol–water partition coefficient (Wildman–Crippen LogP) is 2.27. The zero-order valence-electron chi connectivity index (χ0n) is 15.0. The van der Waals surface area contributed by atoms with Gasteiger partial charge in [0.15, 0.2) is 0 Å². The normalized spacial score (nSPS) is 22.7. The van der Waals surface area contributed by atoms with Crippen LogP contribution in [-0.4, -0.2) is 66.6 Å². The highest BCUT2D eigenvalue weighted by Gasteiger charge is 2.43. The third-order valence-corrected chi connectivity index (χ3v) is 5.77. The van der Waals surface area contributed by atoms with Gasteiger partial charge < -0.3 is 19.3 Å². The van der Waals surface area contributed by atoms with Gasteiger partial charge in [-0.25, -0.2) is 0 Å². The first kappa shape index (κ1) is 18.0. The van der Waals surface area contributed by atoms with Crippen LogP contribution in [0.3, 0.4) is 0 Å². The highest BCUT2D eigenvalue weighted by molar-refractivity contribution is 7.12. The zero-order chi connectivity index (χ0) is 18.6. The number of likely N-dealkylation sites (tertiary alicyclic amines) is 1. The summed E-state index contributed by atoms with van der Waals surface area (Å²) in [6.45, 7) is 2.63. The van der Waals surface area contributed by atoms with E-state index in [1.165, 1.54) is 11.3 Å². The van der Waals surface area contributed by atoms with Gasteiger partial charge in [-0.15, -0.1) is 11.3 Å². The van der Waals surface area contributed by atoms with Gasteiger partial charge in [0, 0.05) is 19.5 Å². The summed E-state index contributed by atoms with van der Waals surface area (Å²) >= 11 is 1.40. The molecule has 142 valence electrons. The SMILES string of the molecule is O=C([C@@H]1C[C@H](Oc2ccccc2)CN1C(=O)c1cccs1)N1CCOCC1. The molecule has 27 heavy (non-hydrogen) atoms. The maximum atomic E-state index is 13.1. The van der Waals surface area contributed by atoms with E-state index in [1.54, 1.807) is 15.9 Å². The van der Waals surface area contributed by atoms with Gasteiger partial charge in [0.05, 0.1) is 24.6 Å². The molecule has 0 unspecified atom stereocenters. The average molecular weight is 386 g/mol. The number of carbonyl (C=O) groups excluding carboxylic acids is 2. The smallest absolute Gasteiger partial charge is 0.264 e. The molecule has 6 nitrogen and oxygen atoms in total. The van der Waals surface area contributed by atoms with E-state index in [1.807, 2.05) is 41.8 Å². The highest BCUT2D eigenvalue weighted by atomic mass is 32.1. The Kier molecular flexibility index (Phi) is 5.40. The molecule has 0 saturated carbocycles. The van der Waals surface area contributed by atoms with E-state index < -0.39 is 6.04 Å². The quantitative estimate of drug-likeness (QED) is 0.809. The molecule has 4 rings (SSSR count). The van der Waals surface area contributed by atoms with Gasteiger partial charge in [0.2, 0.25) is 5.91 Å². The third kappa shape index (κ3) is 3.99. The van der Waals surface area contributed by atoms with Crippen LogP contribution in [0.15, 0.2) is 47.8 Å². The second kappa shape index (κ2) is 8.10. The van der Waals surface area contributed by atoms with E-state index in [0.29, 0.717) is 44.1 Å². The minimum atomic E-state index is -0.494. The molecule has 2 aromatic rings. The fourth-order valence-electron chi connectivity index (χ4n) is 3.57. The monoisotopic (exact) mass is 386 g/mol. The molecule has 2 aliphatic heterocycles. The molecule has 0 aliphatic carbocycles. The lowest BCUT2D eigenvalue weighted by Gasteiger charge is -2.32. The van der Waals surface area contributed by atoms with Crippen molar-refractivity contribution >= 4 is 23.2 Å². The van der Waals surface area contributed by atoms with Crippen LogP contribution in [0.2, 0.25) is 0 Å². The first-order chi connectivity index (χ1) is 13.2. The summed E-state index contributed by atoms with van der Waals surface area (Å²) in [4.78, 5) is 30.2. The van der Waals surface area contributed by atoms with E-state index in [-0.39, 0.29) is 17.9 Å². The molecule has 2 amide bonds. The van der Waals surface area contributed by atoms with Crippen molar-refractivity contribution in [2.75, 3.05) is 32.8 Å². The number of benzene rings is 1. The van der Waals surface area contributed by atoms with Crippen molar-refractivity contribution in [3.63, 3.8) is 0 Å². The number of thiophene rings is 1. The van der Waals surface area contributed by atoms with Gasteiger partial charge in [0.1, 0.15) is 17.9 Å². The lowest BCUT2D eigenvalue weighted by molar-refractivity contribution is -0.139. The summed E-state index contributed by atoms with van der Waals surface area (Å²) in [6.07, 6.45) is 0.300. The molecule has 0 bridgehead atoms. The molecule has 0 N–H and O–H groups in total. The van der Waals surface area contributed by atoms with Gasteiger partial charge >= 0.3 is 0 Å². The number of carbonyl (C=O) groups is 2. The van der Waals surface area contributed by atoms with Crippen LogP contribution in [-0.2, 0) is 9.53 Å². The molecular formula is C20H22N2O4S. The lowest BCUT2D eigenvalue weighted by atomic mass is 10.1. The van der Waals surface area contributed by atoms with Crippen LogP contribution in [0.5, 0.6) is 5.75 Å². The molecule has 2 fully saturated rings. The zero-order valence-corrected chi connectivity index (χ0v) is 15.8. The van der Waals surface area contributed by atoms with Crippen LogP contribution in [0.4, 0.5) is 0 Å². The maximum Gasteiger partial charge on any atom is 0.264 e. The highest BCUT2D eigenvalue weighted by Crippen LogP contribution is 2.27. The number of nitrogens with zero attached hydrogens (tertiary/aromatic N) is 2. The van der Waals surface area contributed by atoms with Crippen molar-refractivity contribution in [2.45, 2.75) is 18.6 Å². The minimum Gasteiger partial charge on any atom is -0.488 e. The van der Waals surface area contributed by atoms with Gasteiger partial charge in [-0.1, -0.05) is 24.3 Å². The molecule has 3 heterocycles. The van der Waals surface area contributed by atoms with Crippen molar-refractivity contribution in [2.24, 2.45) is 0 Å². The topological polar surface area (TPSA) is 59.1 Å². The van der Waals surface area contributed by atoms with E-state index in [4.69, 9.17) is 9.47 Å². The first-order valence-corrected chi connectivity index (χ1v) is 10.0. The molecular weight excluding hydrogens is 364 g/mol. The number of rotatable bonds is 4. The molecule has 1 aromatic heterocycles. The second-order valence-electron chi connectivity index (χ2n) is 6.68. The Hall–Kier alpha value is -2.38. The van der Waals surface area contributed by atoms with Crippen LogP contribution in [0.25, 0.3) is 0 Å². The Morgan fingerprint density at radius 2 is 1.85 bits per heavy atom. The molecule has 1 aromatic carbocycles. The van der Waals surface area contributed by atoms with Crippen LogP contribution in [0, 0.1) is 0 Å². The first-order valence-electron chi connectivity index (χ1n) is 9.15. The number of amides is 2. The predicted molar refractivity (Wildman–Crippen MR) is 102 cm³/mol. The maximum absolute atomic E-state index is 13.1. The van der Waals surface area contributed by atoms with Crippen molar-refractivity contribution in [1.29, 1.82) is 0 Å². The number of hydrogen-bond acceptors (Lipinski definition) is 5. The Balaban J connectivity index is 1.53. The molecule has 0 spiro atoms. The van der Waals surface area contributed by atoms with Gasteiger partial charge in [0.25, 0.3) is 5.91 Å². The number of ether oxygens (including phenoxy) is 2. The molecule has 2 atom stereocenters. The fraction of sp³-hybridized carbons (Fsp3) is 0.400. The number of hydrogen-bond donors (Lipinski definition) is 0. The van der Waals surface area contributed by atoms with Crippen LogP contribution in [0.1, 0.15) is 16.1 Å². The second-order valence-corrected chi connectivity index (χ2v) is 7.62. The summed E-state index contributed by atoms with van der Waals surface area (Å²) in [7, 11) is 0. The van der Waals surface area contributed by atoms with Gasteiger partial charge in [-0.05, 0) is 23.6 Å². The van der Waals surface area contributed by atoms with Crippen LogP contribution < -0.4 is 4.74 Å². The summed E-state index contributed by atoms with van der Waals surface area (Å²) in [5.74, 6) is 0.642. The van der Waals surface area contributed by atoms with Crippen molar-refractivity contribution in [3.8, 4) is 5.75 Å². The summed E-state index contributed by atoms with van der Waals surface area (Å²) in [5.41, 5.74) is 0. The Morgan fingerprint density at radius 1 is 1.07 bits per heavy atom. The van der Waals surface area contributed by atoms with E-state index >= 15 is 0 Å². The number of morpholine rings is 1. The lowest BCUT2D eigenvalue weighted by Crippen LogP contribution is -2.50. The third-order valence-electron chi connectivity index (χ3n) is 4.91. The molecule has 0 radical (unpaired) electrons. The molecule has 2 aliphatic rings. The van der Waals surface area contributed by atoms with Gasteiger partial charge in [-0.2, -0.15) is 0 Å². The summed E-state index contributed by atoms with van der Waals surface area (Å²) in [5, 5.41) is 1.88. The van der Waals surface area contributed by atoms with E-state index in [9.17, 15) is 9.59 Å². The average Bonchev–Trinajstić information content (AvgIpc) is 3.39. The summed E-state index contributed by atoms with van der Waals surface area (Å²) < 4.78 is 11.4. The largest absolute Gasteiger partial charge is 0.488 e. The summed E-state index contributed by atoms with van der Waals surface area (Å²) in [6, 6.07) is 12.7. The van der Waals surface area contributed by atoms with Crippen molar-refractivity contribution < 1.29 is 19.1 Å². The Labute approximate surface area is 162 Å². The Morgan fingerprint density at radius 3 is 2.56 bits per heavy atom. The van der Waals surface area contributed by atoms with Crippen molar-refractivity contribution in [3.05, 3.63) is 52.7 Å². The Bertz CT molecular complexity index is 775. The standard InChI is InChI=1S/C20H22N2O4S/c23-19(21-8-10-25-11-9-21)17-13-16(26-15-5-2-1-3-6-15)14-22(17)20(24)18-7-4-12-27-18/h1-7,12,16-17H,8-11,13-14H2/t16-,17-/m0/s1. The molecule has 2 saturated heterocycles. The fourth-order valence-corrected chi connectivity index (χ4v) is 4.25. The van der Waals surface area contributed by atoms with E-state index in [2.05, 4.69) is 0 Å². The van der Waals surface area contributed by atoms with Crippen molar-refractivity contribution in [1.82, 2.24) is 9.80 Å². The van der Waals surface area contributed by atoms with Gasteiger partial charge in [-0.3, -0.25) is 9.59 Å².